The van der Waals surface area contributed by atoms with E-state index in [1.807, 2.05) is 57.3 Å². The van der Waals surface area contributed by atoms with Gasteiger partial charge in [0.25, 0.3) is 0 Å². The summed E-state index contributed by atoms with van der Waals surface area (Å²) in [5.41, 5.74) is 5.74. The Bertz CT molecular complexity index is 2140. The zero-order chi connectivity index (χ0) is 35.9. The minimum absolute atomic E-state index is 0. The van der Waals surface area contributed by atoms with E-state index >= 15 is 0 Å². The Morgan fingerprint density at radius 1 is 0.957 bits per heavy atom. The molecule has 6 aromatic rings. The molecule has 0 saturated heterocycles. The van der Waals surface area contributed by atoms with Crippen LogP contribution < -0.4 is 4.40 Å². The number of halogens is 1. The summed E-state index contributed by atoms with van der Waals surface area (Å²) in [5.74, 6) is 6.20. The minimum atomic E-state index is -2.34. The van der Waals surface area contributed by atoms with E-state index in [0.717, 1.165) is 44.5 Å². The largest absolute Gasteiger partial charge is 0 e. The summed E-state index contributed by atoms with van der Waals surface area (Å²) >= 11 is -0.402. The molecule has 2 aromatic carbocycles. The van der Waals surface area contributed by atoms with Crippen molar-refractivity contribution in [2.24, 2.45) is 5.92 Å². The summed E-state index contributed by atoms with van der Waals surface area (Å²) < 4.78 is 47.4. The number of aryl methyl sites for hydroxylation is 2. The molecule has 0 amide bonds. The smallest absolute Gasteiger partial charge is 0 e. The summed E-state index contributed by atoms with van der Waals surface area (Å²) in [6.07, 6.45) is 4.59. The molecule has 0 atom stereocenters. The molecule has 46 heavy (non-hydrogen) atoms. The fraction of sp³-hybridized carbons (Fsp3) is 0.308. The third-order valence-electron chi connectivity index (χ3n) is 7.61. The van der Waals surface area contributed by atoms with Crippen molar-refractivity contribution >= 4 is 49.3 Å². The van der Waals surface area contributed by atoms with Crippen molar-refractivity contribution in [1.29, 1.82) is 0 Å². The zero-order valence-corrected chi connectivity index (χ0v) is 32.9. The third-order valence-corrected chi connectivity index (χ3v) is 13.1. The molecule has 0 aliphatic carbocycles. The van der Waals surface area contributed by atoms with Gasteiger partial charge < -0.3 is 4.98 Å². The molecule has 4 heterocycles. The molecule has 0 N–H and O–H groups in total. The number of hydrogen-bond donors (Lipinski definition) is 0. The third kappa shape index (κ3) is 8.20. The predicted molar refractivity (Wildman–Crippen MR) is 193 cm³/mol. The molecule has 0 spiro atoms. The standard InChI is InChI=1S/C20H17N2S.C19H25FGeN.Ir/c1-12(2)14-9-10-21-18(11-14)17-6-4-5-15-16-8-7-13(3)22-20(16)23-19(15)17;1-13(2)9-15-11-19(22-12-18(15)21(4,5)6)16-8-7-14(3)10-17(16)20;/h4-5,7-12H,1-3H3;7,10-13H,9H2,1-6H3;/q2*-1;/i12D;3D3;. The minimum Gasteiger partial charge on any atom is 0 e. The van der Waals surface area contributed by atoms with Gasteiger partial charge in [-0.2, -0.15) is 11.3 Å². The molecule has 0 bridgehead atoms. The van der Waals surface area contributed by atoms with E-state index in [1.54, 1.807) is 17.5 Å². The molecule has 6 rings (SSSR count). The van der Waals surface area contributed by atoms with Crippen molar-refractivity contribution in [3.8, 4) is 22.5 Å². The first-order valence-corrected chi connectivity index (χ1v) is 23.4. The fourth-order valence-electron chi connectivity index (χ4n) is 5.37. The molecule has 4 aromatic heterocycles. The van der Waals surface area contributed by atoms with Crippen LogP contribution in [-0.4, -0.2) is 28.2 Å². The first-order chi connectivity index (χ1) is 22.8. The summed E-state index contributed by atoms with van der Waals surface area (Å²) in [4.78, 5) is 14.7. The van der Waals surface area contributed by atoms with E-state index in [4.69, 9.17) is 5.48 Å². The monoisotopic (exact) mass is 874 g/mol. The molecule has 241 valence electrons. The van der Waals surface area contributed by atoms with Crippen LogP contribution in [0.25, 0.3) is 42.8 Å². The number of aromatic nitrogens is 3. The van der Waals surface area contributed by atoms with Crippen LogP contribution in [0.3, 0.4) is 0 Å². The van der Waals surface area contributed by atoms with Crippen molar-refractivity contribution in [2.45, 2.75) is 71.1 Å². The van der Waals surface area contributed by atoms with Gasteiger partial charge in [-0.1, -0.05) is 36.9 Å². The summed E-state index contributed by atoms with van der Waals surface area (Å²) in [7, 11) is 0. The molecule has 0 unspecified atom stereocenters. The maximum Gasteiger partial charge on any atom is 0 e. The maximum absolute atomic E-state index is 14.5. The van der Waals surface area contributed by atoms with Crippen LogP contribution in [0.4, 0.5) is 4.39 Å². The quantitative estimate of drug-likeness (QED) is 0.124. The average molecular weight is 873 g/mol. The van der Waals surface area contributed by atoms with E-state index in [-0.39, 0.29) is 31.2 Å². The van der Waals surface area contributed by atoms with Crippen LogP contribution in [0, 0.1) is 37.6 Å². The van der Waals surface area contributed by atoms with Gasteiger partial charge in [0.1, 0.15) is 4.83 Å². The Morgan fingerprint density at radius 2 is 1.72 bits per heavy atom. The van der Waals surface area contributed by atoms with Crippen LogP contribution in [0.2, 0.25) is 17.3 Å². The van der Waals surface area contributed by atoms with Crippen LogP contribution in [0.5, 0.6) is 0 Å². The SMILES string of the molecule is [2H]C(C)(C)c1ccnc(-c2[c-]ccc3c2sc2nc(C)ccc23)c1.[2H]C([2H])([2H])c1c[c-]c(-c2cc(CC(C)C)[c]([Ge]([CH3])([CH3])[CH3])cn2)c(F)c1.[Ir]. The summed E-state index contributed by atoms with van der Waals surface area (Å²) in [5, 5.41) is 2.36. The van der Waals surface area contributed by atoms with Crippen molar-refractivity contribution < 1.29 is 30.0 Å². The first kappa shape index (κ1) is 30.6. The van der Waals surface area contributed by atoms with Crippen molar-refractivity contribution in [3.63, 3.8) is 0 Å². The number of pyridine rings is 3. The fourth-order valence-corrected chi connectivity index (χ4v) is 9.93. The second kappa shape index (κ2) is 15.0. The van der Waals surface area contributed by atoms with Crippen LogP contribution >= 0.6 is 11.3 Å². The van der Waals surface area contributed by atoms with Gasteiger partial charge in [0.2, 0.25) is 0 Å². The van der Waals surface area contributed by atoms with E-state index in [9.17, 15) is 4.39 Å². The summed E-state index contributed by atoms with van der Waals surface area (Å²) in [6.45, 7) is 7.79. The van der Waals surface area contributed by atoms with Crippen LogP contribution in [-0.2, 0) is 26.5 Å². The Balaban J connectivity index is 0.000000220. The van der Waals surface area contributed by atoms with E-state index in [2.05, 4.69) is 70.3 Å². The number of thiophene rings is 1. The Hall–Kier alpha value is -2.77. The van der Waals surface area contributed by atoms with Gasteiger partial charge in [-0.3, -0.25) is 0 Å². The van der Waals surface area contributed by atoms with Gasteiger partial charge in [-0.25, -0.2) is 4.98 Å². The molecular formula is C39H42FGeIrN3S-2. The number of fused-ring (bicyclic) bond motifs is 3. The van der Waals surface area contributed by atoms with E-state index < -0.39 is 31.8 Å². The molecular weight excluding hydrogens is 826 g/mol. The molecule has 0 saturated carbocycles. The van der Waals surface area contributed by atoms with Gasteiger partial charge in [-0.15, -0.1) is 23.8 Å². The van der Waals surface area contributed by atoms with Crippen molar-refractivity contribution in [2.75, 3.05) is 0 Å². The van der Waals surface area contributed by atoms with E-state index in [1.165, 1.54) is 26.8 Å². The molecule has 0 aliphatic heterocycles. The van der Waals surface area contributed by atoms with Gasteiger partial charge in [0, 0.05) is 33.4 Å². The van der Waals surface area contributed by atoms with Gasteiger partial charge in [-0.05, 0) is 40.7 Å². The molecule has 0 fully saturated rings. The van der Waals surface area contributed by atoms with Crippen LogP contribution in [0.1, 0.15) is 61.5 Å². The Morgan fingerprint density at radius 3 is 2.39 bits per heavy atom. The average Bonchev–Trinajstić information content (AvgIpc) is 3.37. The number of nitrogens with zero attached hydrogens (tertiary/aromatic N) is 3. The Labute approximate surface area is 299 Å². The summed E-state index contributed by atoms with van der Waals surface area (Å²) in [6, 6.07) is 22.6. The van der Waals surface area contributed by atoms with Gasteiger partial charge >= 0.3 is 140 Å². The number of hydrogen-bond acceptors (Lipinski definition) is 4. The Kier molecular flexibility index (Phi) is 9.95. The number of rotatable bonds is 6. The van der Waals surface area contributed by atoms with Crippen molar-refractivity contribution in [1.82, 2.24) is 15.0 Å². The first-order valence-electron chi connectivity index (χ1n) is 17.2. The normalized spacial score (nSPS) is 13.3. The maximum atomic E-state index is 14.5. The molecule has 1 radical (unpaired) electrons. The van der Waals surface area contributed by atoms with Gasteiger partial charge in [0.15, 0.2) is 0 Å². The predicted octanol–water partition coefficient (Wildman–Crippen LogP) is 10.5. The van der Waals surface area contributed by atoms with E-state index in [0.29, 0.717) is 11.6 Å². The zero-order valence-electron chi connectivity index (χ0n) is 31.6. The molecule has 3 nitrogen and oxygen atoms in total. The topological polar surface area (TPSA) is 38.7 Å². The number of benzene rings is 2. The molecule has 0 aliphatic rings. The molecule has 7 heteroatoms. The van der Waals surface area contributed by atoms with Crippen LogP contribution in [0.15, 0.2) is 67.0 Å². The van der Waals surface area contributed by atoms with Gasteiger partial charge in [0.05, 0.1) is 0 Å². The van der Waals surface area contributed by atoms with Crippen molar-refractivity contribution in [3.05, 3.63) is 107 Å². The second-order valence-corrected chi connectivity index (χ2v) is 24.7. The second-order valence-electron chi connectivity index (χ2n) is 13.1.